The van der Waals surface area contributed by atoms with Gasteiger partial charge in [-0.15, -0.1) is 0 Å². The summed E-state index contributed by atoms with van der Waals surface area (Å²) in [5, 5.41) is 16.4. The minimum atomic E-state index is -0.352. The van der Waals surface area contributed by atoms with Gasteiger partial charge in [-0.1, -0.05) is 13.0 Å². The third kappa shape index (κ3) is 3.47. The second kappa shape index (κ2) is 8.10. The van der Waals surface area contributed by atoms with E-state index in [-0.39, 0.29) is 47.1 Å². The molecule has 190 valence electrons. The third-order valence-corrected chi connectivity index (χ3v) is 9.56. The van der Waals surface area contributed by atoms with Crippen LogP contribution in [0.5, 0.6) is 11.5 Å². The van der Waals surface area contributed by atoms with Gasteiger partial charge >= 0.3 is 0 Å². The fourth-order valence-corrected chi connectivity index (χ4v) is 7.87. The lowest BCUT2D eigenvalue weighted by atomic mass is 9.47. The molecule has 6 atom stereocenters. The first-order valence-electron chi connectivity index (χ1n) is 13.1. The predicted octanol–water partition coefficient (Wildman–Crippen LogP) is 1.72. The van der Waals surface area contributed by atoms with Crippen LogP contribution >= 0.6 is 0 Å². The van der Waals surface area contributed by atoms with E-state index in [1.807, 2.05) is 0 Å². The molecule has 2 bridgehead atoms. The standard InChI is InChI=1S/C27H37N3O5/c1-15(31)28-12-21(33)29-14-26(2)11-18-19-10-17-6-7-20(32)23-22(17)27(18,25(35-23)24(26)34-3)8-9-30(19)13-16-4-5-16/h6-7,16,18-19,24-25,32H,4-5,8-14H2,1-3H3,(H,28,31)(H,29,33). The highest BCUT2D eigenvalue weighted by atomic mass is 16.5. The molecule has 5 aliphatic rings. The molecule has 3 N–H and O–H groups in total. The van der Waals surface area contributed by atoms with Crippen LogP contribution in [-0.4, -0.2) is 73.4 Å². The molecule has 1 spiro atoms. The van der Waals surface area contributed by atoms with Crippen LogP contribution in [0.2, 0.25) is 0 Å². The summed E-state index contributed by atoms with van der Waals surface area (Å²) >= 11 is 0. The second-order valence-corrected chi connectivity index (χ2v) is 11.8. The average Bonchev–Trinajstić information content (AvgIpc) is 3.57. The van der Waals surface area contributed by atoms with Crippen molar-refractivity contribution in [2.24, 2.45) is 17.3 Å². The summed E-state index contributed by atoms with van der Waals surface area (Å²) in [6, 6.07) is 4.31. The van der Waals surface area contributed by atoms with Crippen molar-refractivity contribution in [2.75, 3.05) is 33.3 Å². The molecular weight excluding hydrogens is 446 g/mol. The Balaban J connectivity index is 1.36. The molecule has 0 radical (unpaired) electrons. The summed E-state index contributed by atoms with van der Waals surface area (Å²) in [7, 11) is 1.73. The lowest BCUT2D eigenvalue weighted by molar-refractivity contribution is -0.172. The summed E-state index contributed by atoms with van der Waals surface area (Å²) in [6.07, 6.45) is 5.10. The lowest BCUT2D eigenvalue weighted by Crippen LogP contribution is -2.71. The maximum absolute atomic E-state index is 12.5. The zero-order valence-corrected chi connectivity index (χ0v) is 20.9. The molecule has 1 saturated heterocycles. The summed E-state index contributed by atoms with van der Waals surface area (Å²) in [5.74, 6) is 1.62. The smallest absolute Gasteiger partial charge is 0.239 e. The van der Waals surface area contributed by atoms with Gasteiger partial charge in [-0.2, -0.15) is 0 Å². The lowest BCUT2D eigenvalue weighted by Gasteiger charge is -2.63. The van der Waals surface area contributed by atoms with Crippen molar-refractivity contribution in [1.29, 1.82) is 0 Å². The zero-order chi connectivity index (χ0) is 24.5. The molecule has 0 aromatic heterocycles. The number of amides is 2. The molecule has 35 heavy (non-hydrogen) atoms. The van der Waals surface area contributed by atoms with Crippen LogP contribution in [0.1, 0.15) is 50.7 Å². The van der Waals surface area contributed by atoms with E-state index in [0.29, 0.717) is 24.3 Å². The number of nitrogens with zero attached hydrogens (tertiary/aromatic N) is 1. The van der Waals surface area contributed by atoms with Gasteiger partial charge in [0.25, 0.3) is 0 Å². The van der Waals surface area contributed by atoms with E-state index in [2.05, 4.69) is 28.5 Å². The van der Waals surface area contributed by atoms with Crippen LogP contribution in [0.4, 0.5) is 0 Å². The Morgan fingerprint density at radius 1 is 1.29 bits per heavy atom. The van der Waals surface area contributed by atoms with Gasteiger partial charge in [-0.05, 0) is 62.1 Å². The van der Waals surface area contributed by atoms with Crippen molar-refractivity contribution in [3.63, 3.8) is 0 Å². The number of hydrogen-bond donors (Lipinski definition) is 3. The first-order chi connectivity index (χ1) is 16.8. The van der Waals surface area contributed by atoms with E-state index in [1.165, 1.54) is 37.4 Å². The minimum absolute atomic E-state index is 0.0309. The van der Waals surface area contributed by atoms with Crippen molar-refractivity contribution in [1.82, 2.24) is 15.5 Å². The first-order valence-corrected chi connectivity index (χ1v) is 13.1. The SMILES string of the molecule is COC1C2Oc3c(O)ccc4c3C23CCN(CC2CC2)C(C4)C3CC1(C)CNC(=O)CNC(C)=O. The number of nitrogens with one attached hydrogen (secondary N) is 2. The third-order valence-electron chi connectivity index (χ3n) is 9.56. The molecule has 1 aromatic rings. The Bertz CT molecular complexity index is 1060. The minimum Gasteiger partial charge on any atom is -0.504 e. The maximum atomic E-state index is 12.5. The number of methoxy groups -OCH3 is 1. The Labute approximate surface area is 206 Å². The number of ether oxygens (including phenoxy) is 2. The van der Waals surface area contributed by atoms with Crippen LogP contribution in [0.3, 0.4) is 0 Å². The first kappa shape index (κ1) is 23.1. The highest BCUT2D eigenvalue weighted by molar-refractivity contribution is 5.83. The molecule has 6 unspecified atom stereocenters. The number of carbonyl (C=O) groups is 2. The van der Waals surface area contributed by atoms with Crippen LogP contribution in [-0.2, 0) is 26.2 Å². The van der Waals surface area contributed by atoms with Crippen molar-refractivity contribution < 1.29 is 24.2 Å². The Morgan fingerprint density at radius 3 is 2.80 bits per heavy atom. The van der Waals surface area contributed by atoms with Crippen LogP contribution < -0.4 is 15.4 Å². The Hall–Kier alpha value is -2.32. The number of benzene rings is 1. The summed E-state index contributed by atoms with van der Waals surface area (Å²) in [6.45, 7) is 6.23. The fraction of sp³-hybridized carbons (Fsp3) is 0.704. The fourth-order valence-electron chi connectivity index (χ4n) is 7.87. The molecule has 2 amide bonds. The Morgan fingerprint density at radius 2 is 2.09 bits per heavy atom. The van der Waals surface area contributed by atoms with Crippen molar-refractivity contribution in [3.05, 3.63) is 23.3 Å². The van der Waals surface area contributed by atoms with Gasteiger partial charge in [0.1, 0.15) is 12.2 Å². The quantitative estimate of drug-likeness (QED) is 0.546. The van der Waals surface area contributed by atoms with Gasteiger partial charge in [0, 0.05) is 49.6 Å². The normalized spacial score (nSPS) is 36.8. The number of aromatic hydroxyl groups is 1. The average molecular weight is 484 g/mol. The summed E-state index contributed by atoms with van der Waals surface area (Å²) in [5.41, 5.74) is 2.00. The summed E-state index contributed by atoms with van der Waals surface area (Å²) in [4.78, 5) is 26.4. The number of phenols is 1. The number of piperidine rings is 1. The summed E-state index contributed by atoms with van der Waals surface area (Å²) < 4.78 is 12.8. The van der Waals surface area contributed by atoms with E-state index >= 15 is 0 Å². The molecule has 3 fully saturated rings. The Kier molecular flexibility index (Phi) is 5.35. The highest BCUT2D eigenvalue weighted by Gasteiger charge is 2.70. The number of hydrogen-bond acceptors (Lipinski definition) is 6. The van der Waals surface area contributed by atoms with E-state index in [1.54, 1.807) is 13.2 Å². The predicted molar refractivity (Wildman–Crippen MR) is 129 cm³/mol. The number of phenolic OH excluding ortho intramolecular Hbond substituents is 1. The van der Waals surface area contributed by atoms with E-state index in [0.717, 1.165) is 31.7 Å². The number of likely N-dealkylation sites (tertiary alicyclic amines) is 1. The van der Waals surface area contributed by atoms with Crippen LogP contribution in [0, 0.1) is 17.3 Å². The molecule has 2 aliphatic heterocycles. The van der Waals surface area contributed by atoms with Crippen LogP contribution in [0.15, 0.2) is 12.1 Å². The molecule has 1 aromatic carbocycles. The van der Waals surface area contributed by atoms with Crippen LogP contribution in [0.25, 0.3) is 0 Å². The molecular formula is C27H37N3O5. The number of carbonyl (C=O) groups excluding carboxylic acids is 2. The van der Waals surface area contributed by atoms with E-state index in [9.17, 15) is 14.7 Å². The van der Waals surface area contributed by atoms with Gasteiger partial charge in [-0.3, -0.25) is 14.5 Å². The zero-order valence-electron chi connectivity index (χ0n) is 20.9. The van der Waals surface area contributed by atoms with Gasteiger partial charge in [0.15, 0.2) is 11.5 Å². The monoisotopic (exact) mass is 483 g/mol. The maximum Gasteiger partial charge on any atom is 0.239 e. The van der Waals surface area contributed by atoms with Gasteiger partial charge in [0.2, 0.25) is 11.8 Å². The molecule has 6 rings (SSSR count). The van der Waals surface area contributed by atoms with Crippen molar-refractivity contribution in [2.45, 2.75) is 69.6 Å². The van der Waals surface area contributed by atoms with Gasteiger partial charge in [0.05, 0.1) is 6.54 Å². The van der Waals surface area contributed by atoms with Crippen molar-refractivity contribution in [3.8, 4) is 11.5 Å². The molecule has 2 saturated carbocycles. The van der Waals surface area contributed by atoms with Gasteiger partial charge in [-0.25, -0.2) is 0 Å². The van der Waals surface area contributed by atoms with E-state index < -0.39 is 0 Å². The van der Waals surface area contributed by atoms with Gasteiger partial charge < -0.3 is 25.2 Å². The second-order valence-electron chi connectivity index (χ2n) is 11.8. The highest BCUT2D eigenvalue weighted by Crippen LogP contribution is 2.66. The molecule has 8 nitrogen and oxygen atoms in total. The number of rotatable bonds is 7. The largest absolute Gasteiger partial charge is 0.504 e. The molecule has 8 heteroatoms. The molecule has 3 aliphatic carbocycles. The molecule has 2 heterocycles. The topological polar surface area (TPSA) is 100 Å². The van der Waals surface area contributed by atoms with E-state index in [4.69, 9.17) is 9.47 Å². The van der Waals surface area contributed by atoms with Crippen molar-refractivity contribution >= 4 is 11.8 Å².